The number of halogens is 1. The molecule has 2 aromatic rings. The molecule has 8 heteroatoms. The highest BCUT2D eigenvalue weighted by atomic mass is 127. The van der Waals surface area contributed by atoms with Gasteiger partial charge in [-0.15, -0.1) is 24.0 Å². The molecule has 7 nitrogen and oxygen atoms in total. The monoisotopic (exact) mass is 539 g/mol. The number of aryl methyl sites for hydroxylation is 2. The van der Waals surface area contributed by atoms with Gasteiger partial charge in [-0.2, -0.15) is 5.10 Å². The number of benzene rings is 1. The molecule has 2 N–H and O–H groups in total. The lowest BCUT2D eigenvalue weighted by Gasteiger charge is -2.32. The van der Waals surface area contributed by atoms with E-state index in [-0.39, 0.29) is 24.0 Å². The van der Waals surface area contributed by atoms with E-state index in [0.29, 0.717) is 6.54 Å². The standard InChI is InChI=1S/C23H37N7.HI/c1-6-24-23(26-16-22-18(2)27-29(5)19(22)3)25-15-20-7-9-21(10-8-20)17-30-13-11-28(4)12-14-30;/h7-10H,6,11-17H2,1-5H3,(H2,24,25,26);1H. The summed E-state index contributed by atoms with van der Waals surface area (Å²) in [6, 6.07) is 8.89. The van der Waals surface area contributed by atoms with Crippen LogP contribution in [0.3, 0.4) is 0 Å². The zero-order chi connectivity index (χ0) is 21.5. The van der Waals surface area contributed by atoms with Crippen molar-refractivity contribution in [2.24, 2.45) is 12.0 Å². The van der Waals surface area contributed by atoms with E-state index in [2.05, 4.69) is 77.6 Å². The fraction of sp³-hybridized carbons (Fsp3) is 0.565. The van der Waals surface area contributed by atoms with Crippen molar-refractivity contribution in [1.29, 1.82) is 0 Å². The number of nitrogens with zero attached hydrogens (tertiary/aromatic N) is 5. The van der Waals surface area contributed by atoms with E-state index in [9.17, 15) is 0 Å². The largest absolute Gasteiger partial charge is 0.357 e. The molecule has 1 saturated heterocycles. The molecule has 1 aromatic carbocycles. The molecule has 0 radical (unpaired) electrons. The minimum absolute atomic E-state index is 0. The highest BCUT2D eigenvalue weighted by molar-refractivity contribution is 14.0. The number of guanidine groups is 1. The topological polar surface area (TPSA) is 60.7 Å². The molecular weight excluding hydrogens is 501 g/mol. The van der Waals surface area contributed by atoms with Gasteiger partial charge in [-0.05, 0) is 38.9 Å². The molecule has 1 aromatic heterocycles. The number of rotatable bonds is 7. The first-order valence-corrected chi connectivity index (χ1v) is 11.0. The summed E-state index contributed by atoms with van der Waals surface area (Å²) in [6.45, 7) is 14.1. The van der Waals surface area contributed by atoms with E-state index in [1.807, 2.05) is 11.7 Å². The number of hydrogen-bond acceptors (Lipinski definition) is 4. The van der Waals surface area contributed by atoms with Crippen LogP contribution >= 0.6 is 24.0 Å². The van der Waals surface area contributed by atoms with Crippen molar-refractivity contribution in [3.8, 4) is 0 Å². The van der Waals surface area contributed by atoms with E-state index in [4.69, 9.17) is 4.99 Å². The number of aromatic nitrogens is 2. The third-order valence-electron chi connectivity index (χ3n) is 5.88. The third kappa shape index (κ3) is 7.47. The average molecular weight is 540 g/mol. The van der Waals surface area contributed by atoms with Gasteiger partial charge in [-0.1, -0.05) is 24.3 Å². The maximum atomic E-state index is 4.77. The SMILES string of the molecule is CCNC(=NCc1ccc(CN2CCN(C)CC2)cc1)NCc1c(C)nn(C)c1C.I. The maximum absolute atomic E-state index is 4.77. The zero-order valence-corrected chi connectivity index (χ0v) is 21.9. The van der Waals surface area contributed by atoms with Crippen molar-refractivity contribution in [1.82, 2.24) is 30.2 Å². The second kappa shape index (κ2) is 12.4. The first kappa shape index (κ1) is 25.6. The number of nitrogens with one attached hydrogen (secondary N) is 2. The molecule has 0 unspecified atom stereocenters. The maximum Gasteiger partial charge on any atom is 0.191 e. The van der Waals surface area contributed by atoms with Gasteiger partial charge in [0.05, 0.1) is 12.2 Å². The van der Waals surface area contributed by atoms with Crippen LogP contribution in [0.25, 0.3) is 0 Å². The van der Waals surface area contributed by atoms with Crippen LogP contribution < -0.4 is 10.6 Å². The average Bonchev–Trinajstić information content (AvgIpc) is 2.98. The first-order chi connectivity index (χ1) is 14.5. The van der Waals surface area contributed by atoms with Crippen LogP contribution in [0.5, 0.6) is 0 Å². The Hall–Kier alpha value is -1.65. The molecule has 2 heterocycles. The van der Waals surface area contributed by atoms with Gasteiger partial charge in [-0.25, -0.2) is 4.99 Å². The van der Waals surface area contributed by atoms with Crippen molar-refractivity contribution >= 4 is 29.9 Å². The summed E-state index contributed by atoms with van der Waals surface area (Å²) >= 11 is 0. The van der Waals surface area contributed by atoms with E-state index in [1.165, 1.54) is 22.4 Å². The Labute approximate surface area is 204 Å². The third-order valence-corrected chi connectivity index (χ3v) is 5.88. The molecule has 3 rings (SSSR count). The van der Waals surface area contributed by atoms with Gasteiger partial charge in [0.25, 0.3) is 0 Å². The van der Waals surface area contributed by atoms with Crippen molar-refractivity contribution < 1.29 is 0 Å². The Kier molecular flexibility index (Phi) is 10.2. The summed E-state index contributed by atoms with van der Waals surface area (Å²) in [4.78, 5) is 9.69. The van der Waals surface area contributed by atoms with E-state index in [0.717, 1.165) is 57.5 Å². The van der Waals surface area contributed by atoms with Gasteiger partial charge < -0.3 is 15.5 Å². The Bertz CT molecular complexity index is 836. The van der Waals surface area contributed by atoms with E-state index >= 15 is 0 Å². The van der Waals surface area contributed by atoms with Gasteiger partial charge >= 0.3 is 0 Å². The molecule has 172 valence electrons. The lowest BCUT2D eigenvalue weighted by Crippen LogP contribution is -2.43. The van der Waals surface area contributed by atoms with Gasteiger partial charge in [0.2, 0.25) is 0 Å². The van der Waals surface area contributed by atoms with Crippen molar-refractivity contribution in [3.63, 3.8) is 0 Å². The molecule has 0 atom stereocenters. The molecule has 31 heavy (non-hydrogen) atoms. The normalized spacial score (nSPS) is 15.6. The summed E-state index contributed by atoms with van der Waals surface area (Å²) in [5.41, 5.74) is 6.08. The van der Waals surface area contributed by atoms with Crippen LogP contribution in [0.1, 0.15) is 35.0 Å². The van der Waals surface area contributed by atoms with E-state index < -0.39 is 0 Å². The molecular formula is C23H38IN7. The molecule has 0 bridgehead atoms. The van der Waals surface area contributed by atoms with Crippen LogP contribution in [0, 0.1) is 13.8 Å². The van der Waals surface area contributed by atoms with Crippen molar-refractivity contribution in [3.05, 3.63) is 52.3 Å². The fourth-order valence-electron chi connectivity index (χ4n) is 3.77. The highest BCUT2D eigenvalue weighted by Crippen LogP contribution is 2.12. The van der Waals surface area contributed by atoms with Crippen LogP contribution in [-0.2, 0) is 26.7 Å². The lowest BCUT2D eigenvalue weighted by molar-refractivity contribution is 0.148. The predicted molar refractivity (Wildman–Crippen MR) is 139 cm³/mol. The molecule has 1 aliphatic rings. The molecule has 0 saturated carbocycles. The Morgan fingerprint density at radius 2 is 1.65 bits per heavy atom. The molecule has 1 aliphatic heterocycles. The molecule has 0 aliphatic carbocycles. The van der Waals surface area contributed by atoms with Gasteiger partial charge in [0.15, 0.2) is 5.96 Å². The van der Waals surface area contributed by atoms with Crippen LogP contribution in [-0.4, -0.2) is 65.3 Å². The Morgan fingerprint density at radius 1 is 1.00 bits per heavy atom. The molecule has 1 fully saturated rings. The highest BCUT2D eigenvalue weighted by Gasteiger charge is 2.13. The summed E-state index contributed by atoms with van der Waals surface area (Å²) in [6.07, 6.45) is 0. The smallest absolute Gasteiger partial charge is 0.191 e. The van der Waals surface area contributed by atoms with Crippen LogP contribution in [0.2, 0.25) is 0 Å². The number of aliphatic imine (C=N–C) groups is 1. The molecule has 0 amide bonds. The minimum Gasteiger partial charge on any atom is -0.357 e. The minimum atomic E-state index is 0. The zero-order valence-electron chi connectivity index (χ0n) is 19.6. The number of likely N-dealkylation sites (N-methyl/N-ethyl adjacent to an activating group) is 1. The summed E-state index contributed by atoms with van der Waals surface area (Å²) in [5, 5.41) is 11.3. The van der Waals surface area contributed by atoms with E-state index in [1.54, 1.807) is 0 Å². The van der Waals surface area contributed by atoms with Crippen LogP contribution in [0.4, 0.5) is 0 Å². The fourth-order valence-corrected chi connectivity index (χ4v) is 3.77. The van der Waals surface area contributed by atoms with Crippen molar-refractivity contribution in [2.75, 3.05) is 39.8 Å². The molecule has 0 spiro atoms. The first-order valence-electron chi connectivity index (χ1n) is 11.0. The number of piperazine rings is 1. The lowest BCUT2D eigenvalue weighted by atomic mass is 10.1. The second-order valence-corrected chi connectivity index (χ2v) is 8.22. The van der Waals surface area contributed by atoms with Gasteiger partial charge in [-0.3, -0.25) is 9.58 Å². The predicted octanol–water partition coefficient (Wildman–Crippen LogP) is 2.66. The van der Waals surface area contributed by atoms with Gasteiger partial charge in [0, 0.05) is 64.1 Å². The quantitative estimate of drug-likeness (QED) is 0.322. The summed E-state index contributed by atoms with van der Waals surface area (Å²) < 4.78 is 1.93. The summed E-state index contributed by atoms with van der Waals surface area (Å²) in [7, 11) is 4.18. The van der Waals surface area contributed by atoms with Crippen LogP contribution in [0.15, 0.2) is 29.3 Å². The summed E-state index contributed by atoms with van der Waals surface area (Å²) in [5.74, 6) is 0.835. The second-order valence-electron chi connectivity index (χ2n) is 8.22. The van der Waals surface area contributed by atoms with Crippen molar-refractivity contribution in [2.45, 2.75) is 40.4 Å². The Morgan fingerprint density at radius 3 is 2.23 bits per heavy atom. The van der Waals surface area contributed by atoms with Gasteiger partial charge in [0.1, 0.15) is 0 Å². The number of hydrogen-bond donors (Lipinski definition) is 2. The Balaban J connectivity index is 0.00000341.